The molecule has 5 atom stereocenters. The van der Waals surface area contributed by atoms with Gasteiger partial charge in [0.15, 0.2) is 0 Å². The summed E-state index contributed by atoms with van der Waals surface area (Å²) < 4.78 is 11.4. The Morgan fingerprint density at radius 1 is 1.18 bits per heavy atom. The van der Waals surface area contributed by atoms with Crippen LogP contribution in [0.15, 0.2) is 37.2 Å². The van der Waals surface area contributed by atoms with Crippen molar-refractivity contribution in [1.29, 1.82) is 0 Å². The molecule has 1 aromatic heterocycles. The molecule has 11 nitrogen and oxygen atoms in total. The van der Waals surface area contributed by atoms with Crippen molar-refractivity contribution in [2.75, 3.05) is 6.54 Å². The largest absolute Gasteiger partial charge is 0.488 e. The predicted octanol–water partition coefficient (Wildman–Crippen LogP) is 2.51. The summed E-state index contributed by atoms with van der Waals surface area (Å²) in [6.45, 7) is 14.2. The summed E-state index contributed by atoms with van der Waals surface area (Å²) in [5, 5.41) is 15.1. The van der Waals surface area contributed by atoms with E-state index in [4.69, 9.17) is 9.47 Å². The van der Waals surface area contributed by atoms with Crippen LogP contribution < -0.4 is 15.4 Å². The summed E-state index contributed by atoms with van der Waals surface area (Å²) in [5.74, 6) is -2.14. The number of nitrogens with one attached hydrogen (secondary N) is 2. The number of carboxylic acids is 1. The number of carbonyl (C=O) groups excluding carboxylic acids is 3. The van der Waals surface area contributed by atoms with E-state index in [0.29, 0.717) is 5.75 Å². The lowest BCUT2D eigenvalue weighted by Gasteiger charge is -2.35. The highest BCUT2D eigenvalue weighted by molar-refractivity contribution is 5.96. The minimum Gasteiger partial charge on any atom is -0.488 e. The van der Waals surface area contributed by atoms with Crippen LogP contribution >= 0.6 is 0 Å². The molecule has 0 spiro atoms. The van der Waals surface area contributed by atoms with Crippen molar-refractivity contribution in [3.63, 3.8) is 0 Å². The van der Waals surface area contributed by atoms with Crippen molar-refractivity contribution in [2.45, 2.75) is 83.7 Å². The molecular weight excluding hydrogens is 492 g/mol. The molecule has 2 heterocycles. The highest BCUT2D eigenvalue weighted by atomic mass is 16.6. The Bertz CT molecular complexity index is 1080. The highest BCUT2D eigenvalue weighted by Gasteiger charge is 2.61. The zero-order chi connectivity index (χ0) is 28.5. The van der Waals surface area contributed by atoms with E-state index in [9.17, 15) is 24.3 Å². The van der Waals surface area contributed by atoms with Gasteiger partial charge in [-0.2, -0.15) is 0 Å². The molecule has 0 radical (unpaired) electrons. The third kappa shape index (κ3) is 6.62. The number of carboxylic acid groups (broad SMARTS) is 1. The van der Waals surface area contributed by atoms with Crippen LogP contribution in [0.2, 0.25) is 0 Å². The molecule has 2 fully saturated rings. The van der Waals surface area contributed by atoms with E-state index in [1.54, 1.807) is 66.1 Å². The number of alkyl carbamates (subject to hydrolysis) is 1. The second-order valence-corrected chi connectivity index (χ2v) is 11.9. The molecule has 208 valence electrons. The average Bonchev–Trinajstić information content (AvgIpc) is 3.36. The van der Waals surface area contributed by atoms with Crippen LogP contribution in [0.25, 0.3) is 0 Å². The minimum absolute atomic E-state index is 0.0623. The molecule has 38 heavy (non-hydrogen) atoms. The lowest BCUT2D eigenvalue weighted by atomic mass is 9.85. The normalized spacial score (nSPS) is 25.6. The Morgan fingerprint density at radius 2 is 1.82 bits per heavy atom. The quantitative estimate of drug-likeness (QED) is 0.435. The number of aliphatic carboxylic acids is 1. The molecule has 1 aliphatic heterocycles. The van der Waals surface area contributed by atoms with E-state index in [-0.39, 0.29) is 19.4 Å². The van der Waals surface area contributed by atoms with Crippen molar-refractivity contribution in [1.82, 2.24) is 20.5 Å². The SMILES string of the molecule is C=C[C@@H]1C[C@]1(NC(=O)[C@@H]1C[C@@H](Oc2ccncc2)CN1C(=O)[C@@H](NC(=O)OC(C)(C)C)C(C)(C)C)C(=O)O. The van der Waals surface area contributed by atoms with Gasteiger partial charge in [0.2, 0.25) is 11.8 Å². The summed E-state index contributed by atoms with van der Waals surface area (Å²) in [6.07, 6.45) is 3.69. The smallest absolute Gasteiger partial charge is 0.408 e. The number of likely N-dealkylation sites (tertiary alicyclic amines) is 1. The third-order valence-electron chi connectivity index (χ3n) is 6.60. The van der Waals surface area contributed by atoms with E-state index in [1.165, 1.54) is 11.0 Å². The number of hydrogen-bond donors (Lipinski definition) is 3. The fourth-order valence-corrected chi connectivity index (χ4v) is 4.54. The number of carbonyl (C=O) groups is 4. The number of aromatic nitrogens is 1. The molecule has 1 aromatic rings. The Kier molecular flexibility index (Phi) is 8.09. The van der Waals surface area contributed by atoms with E-state index in [2.05, 4.69) is 22.2 Å². The van der Waals surface area contributed by atoms with Gasteiger partial charge in [-0.25, -0.2) is 9.59 Å². The summed E-state index contributed by atoms with van der Waals surface area (Å²) in [7, 11) is 0. The van der Waals surface area contributed by atoms with E-state index in [0.717, 1.165) is 0 Å². The number of nitrogens with zero attached hydrogens (tertiary/aromatic N) is 2. The second kappa shape index (κ2) is 10.6. The molecule has 2 aliphatic rings. The lowest BCUT2D eigenvalue weighted by molar-refractivity contribution is -0.146. The molecule has 3 amide bonds. The predicted molar refractivity (Wildman–Crippen MR) is 138 cm³/mol. The minimum atomic E-state index is -1.45. The maximum absolute atomic E-state index is 13.9. The third-order valence-corrected chi connectivity index (χ3v) is 6.60. The van der Waals surface area contributed by atoms with Gasteiger partial charge in [0.05, 0.1) is 6.54 Å². The number of rotatable bonds is 8. The first-order chi connectivity index (χ1) is 17.6. The fraction of sp³-hybridized carbons (Fsp3) is 0.593. The second-order valence-electron chi connectivity index (χ2n) is 11.9. The van der Waals surface area contributed by atoms with Gasteiger partial charge in [0, 0.05) is 24.7 Å². The number of pyridine rings is 1. The van der Waals surface area contributed by atoms with Crippen LogP contribution in [0, 0.1) is 11.3 Å². The van der Waals surface area contributed by atoms with Crippen LogP contribution in [0.3, 0.4) is 0 Å². The first kappa shape index (κ1) is 28.9. The Hall–Kier alpha value is -3.63. The lowest BCUT2D eigenvalue weighted by Crippen LogP contribution is -2.59. The van der Waals surface area contributed by atoms with Crippen molar-refractivity contribution in [2.24, 2.45) is 11.3 Å². The molecule has 0 unspecified atom stereocenters. The zero-order valence-corrected chi connectivity index (χ0v) is 22.8. The summed E-state index contributed by atoms with van der Waals surface area (Å²) in [4.78, 5) is 57.3. The van der Waals surface area contributed by atoms with E-state index < -0.39 is 64.5 Å². The molecular formula is C27H38N4O7. The maximum atomic E-state index is 13.9. The summed E-state index contributed by atoms with van der Waals surface area (Å²) in [5.41, 5.74) is -2.95. The molecule has 1 saturated heterocycles. The highest BCUT2D eigenvalue weighted by Crippen LogP contribution is 2.45. The van der Waals surface area contributed by atoms with E-state index in [1.807, 2.05) is 0 Å². The van der Waals surface area contributed by atoms with Crippen molar-refractivity contribution >= 4 is 23.9 Å². The molecule has 3 rings (SSSR count). The maximum Gasteiger partial charge on any atom is 0.408 e. The Morgan fingerprint density at radius 3 is 2.32 bits per heavy atom. The molecule has 0 aromatic carbocycles. The van der Waals surface area contributed by atoms with Gasteiger partial charge < -0.3 is 30.1 Å². The number of amides is 3. The van der Waals surface area contributed by atoms with Gasteiger partial charge in [-0.05, 0) is 44.7 Å². The van der Waals surface area contributed by atoms with Crippen molar-refractivity contribution < 1.29 is 33.8 Å². The fourth-order valence-electron chi connectivity index (χ4n) is 4.54. The number of ether oxygens (including phenoxy) is 2. The van der Waals surface area contributed by atoms with Crippen LogP contribution in [0.4, 0.5) is 4.79 Å². The summed E-state index contributed by atoms with van der Waals surface area (Å²) >= 11 is 0. The van der Waals surface area contributed by atoms with Gasteiger partial charge in [-0.1, -0.05) is 26.8 Å². The zero-order valence-electron chi connectivity index (χ0n) is 22.8. The molecule has 11 heteroatoms. The van der Waals surface area contributed by atoms with E-state index >= 15 is 0 Å². The molecule has 0 bridgehead atoms. The van der Waals surface area contributed by atoms with Crippen molar-refractivity contribution in [3.8, 4) is 5.75 Å². The Labute approximate surface area is 223 Å². The van der Waals surface area contributed by atoms with Crippen molar-refractivity contribution in [3.05, 3.63) is 37.2 Å². The first-order valence-corrected chi connectivity index (χ1v) is 12.6. The Balaban J connectivity index is 1.87. The average molecular weight is 531 g/mol. The van der Waals surface area contributed by atoms with Gasteiger partial charge in [0.25, 0.3) is 0 Å². The molecule has 3 N–H and O–H groups in total. The van der Waals surface area contributed by atoms with Crippen LogP contribution in [-0.2, 0) is 19.1 Å². The van der Waals surface area contributed by atoms with Crippen LogP contribution in [0.5, 0.6) is 5.75 Å². The van der Waals surface area contributed by atoms with Gasteiger partial charge in [-0.3, -0.25) is 14.6 Å². The first-order valence-electron chi connectivity index (χ1n) is 12.6. The molecule has 1 saturated carbocycles. The van der Waals surface area contributed by atoms with Gasteiger partial charge in [0.1, 0.15) is 35.1 Å². The van der Waals surface area contributed by atoms with Gasteiger partial charge in [-0.15, -0.1) is 6.58 Å². The van der Waals surface area contributed by atoms with Crippen LogP contribution in [-0.4, -0.2) is 74.7 Å². The van der Waals surface area contributed by atoms with Crippen LogP contribution in [0.1, 0.15) is 54.4 Å². The monoisotopic (exact) mass is 530 g/mol. The summed E-state index contributed by atoms with van der Waals surface area (Å²) in [6, 6.07) is 1.30. The molecule has 1 aliphatic carbocycles. The number of hydrogen-bond acceptors (Lipinski definition) is 7. The topological polar surface area (TPSA) is 147 Å². The van der Waals surface area contributed by atoms with Gasteiger partial charge >= 0.3 is 12.1 Å². The standard InChI is InChI=1S/C27H38N4O7/c1-8-16-14-27(16,23(34)35)30-21(32)19-13-18(37-17-9-11-28-12-10-17)15-31(19)22(33)20(25(2,3)4)29-24(36)38-26(5,6)7/h8-12,16,18-20H,1,13-15H2,2-7H3,(H,29,36)(H,30,32)(H,34,35)/t16-,18-,19+,20-,27-/m1/s1.